The molecule has 0 saturated carbocycles. The molecule has 0 unspecified atom stereocenters. The zero-order chi connectivity index (χ0) is 27.0. The highest BCUT2D eigenvalue weighted by molar-refractivity contribution is 6.35. The van der Waals surface area contributed by atoms with E-state index in [0.29, 0.717) is 11.3 Å². The maximum Gasteiger partial charge on any atom is 0.218 e. The molecule has 2 atom stereocenters. The van der Waals surface area contributed by atoms with Crippen LogP contribution in [-0.2, 0) is 16.0 Å². The van der Waals surface area contributed by atoms with Gasteiger partial charge in [0, 0.05) is 48.5 Å². The SMILES string of the molecule is [2H]C([2H])([2H])C([2H])([2H])[C@@H](N[C@H](C)CC(N)=O)c1ccc(Cl)c(C(=O)c2ccc3c(c2)OCC(=O)C3)c1F. The Morgan fingerprint density at radius 2 is 2.16 bits per heavy atom. The number of carbonyl (C=O) groups excluding carboxylic acids is 3. The van der Waals surface area contributed by atoms with Gasteiger partial charge < -0.3 is 15.8 Å². The molecule has 6 nitrogen and oxygen atoms in total. The van der Waals surface area contributed by atoms with Crippen LogP contribution in [0.3, 0.4) is 0 Å². The molecule has 0 saturated heterocycles. The second kappa shape index (κ2) is 9.58. The normalized spacial score (nSPS) is 18.3. The molecule has 31 heavy (non-hydrogen) atoms. The number of benzene rings is 2. The molecule has 0 spiro atoms. The summed E-state index contributed by atoms with van der Waals surface area (Å²) in [5, 5.41) is 2.37. The minimum absolute atomic E-state index is 0.00601. The molecule has 0 bridgehead atoms. The Balaban J connectivity index is 2.09. The maximum absolute atomic E-state index is 15.9. The minimum atomic E-state index is -3.19. The summed E-state index contributed by atoms with van der Waals surface area (Å²) in [5.74, 6) is -2.62. The summed E-state index contributed by atoms with van der Waals surface area (Å²) in [6.45, 7) is -1.89. The molecule has 1 aliphatic heterocycles. The number of Topliss-reactive ketones (excluding diaryl/α,β-unsaturated/α-hetero) is 1. The molecule has 8 heteroatoms. The lowest BCUT2D eigenvalue weighted by atomic mass is 9.94. The summed E-state index contributed by atoms with van der Waals surface area (Å²) in [6.07, 6.45) is -3.15. The Bertz CT molecular complexity index is 1220. The number of nitrogens with one attached hydrogen (secondary N) is 1. The number of hydrogen-bond donors (Lipinski definition) is 2. The van der Waals surface area contributed by atoms with Gasteiger partial charge in [-0.2, -0.15) is 0 Å². The van der Waals surface area contributed by atoms with E-state index >= 15 is 4.39 Å². The molecule has 1 aliphatic rings. The van der Waals surface area contributed by atoms with Crippen molar-refractivity contribution in [3.63, 3.8) is 0 Å². The third-order valence-corrected chi connectivity index (χ3v) is 5.18. The van der Waals surface area contributed by atoms with Gasteiger partial charge in [0.2, 0.25) is 5.91 Å². The number of ketones is 2. The van der Waals surface area contributed by atoms with Crippen LogP contribution in [0.5, 0.6) is 5.75 Å². The monoisotopic (exact) mass is 451 g/mol. The molecule has 0 radical (unpaired) electrons. The van der Waals surface area contributed by atoms with E-state index in [1.807, 2.05) is 0 Å². The molecule has 3 N–H and O–H groups in total. The molecule has 3 rings (SSSR count). The van der Waals surface area contributed by atoms with Crippen molar-refractivity contribution < 1.29 is 30.4 Å². The molecule has 1 amide bonds. The zero-order valence-corrected chi connectivity index (χ0v) is 17.4. The van der Waals surface area contributed by atoms with Crippen molar-refractivity contribution in [2.45, 2.75) is 45.1 Å². The second-order valence-corrected chi connectivity index (χ2v) is 7.70. The number of halogens is 2. The summed E-state index contributed by atoms with van der Waals surface area (Å²) in [5.41, 5.74) is 4.72. The average molecular weight is 452 g/mol. The molecule has 0 aliphatic carbocycles. The fraction of sp³-hybridized carbons (Fsp3) is 0.348. The van der Waals surface area contributed by atoms with Crippen LogP contribution >= 0.6 is 11.6 Å². The quantitative estimate of drug-likeness (QED) is 0.598. The third kappa shape index (κ3) is 5.11. The largest absolute Gasteiger partial charge is 0.486 e. The number of rotatable bonds is 8. The van der Waals surface area contributed by atoms with E-state index in [9.17, 15) is 14.4 Å². The van der Waals surface area contributed by atoms with Crippen molar-refractivity contribution in [2.24, 2.45) is 5.73 Å². The lowest BCUT2D eigenvalue weighted by Crippen LogP contribution is -2.34. The van der Waals surface area contributed by atoms with E-state index in [1.165, 1.54) is 31.2 Å². The van der Waals surface area contributed by atoms with Gasteiger partial charge >= 0.3 is 0 Å². The van der Waals surface area contributed by atoms with Gasteiger partial charge in [-0.25, -0.2) is 4.39 Å². The van der Waals surface area contributed by atoms with Crippen molar-refractivity contribution in [1.29, 1.82) is 0 Å². The van der Waals surface area contributed by atoms with Crippen molar-refractivity contribution in [3.05, 3.63) is 63.4 Å². The van der Waals surface area contributed by atoms with Gasteiger partial charge in [0.05, 0.1) is 10.6 Å². The van der Waals surface area contributed by atoms with Gasteiger partial charge in [0.25, 0.3) is 0 Å². The Labute approximate surface area is 191 Å². The van der Waals surface area contributed by atoms with Crippen LogP contribution in [-0.4, -0.2) is 30.1 Å². The van der Waals surface area contributed by atoms with Gasteiger partial charge in [-0.3, -0.25) is 14.4 Å². The number of fused-ring (bicyclic) bond motifs is 1. The number of carbonyl (C=O) groups is 3. The van der Waals surface area contributed by atoms with E-state index in [4.69, 9.17) is 28.9 Å². The van der Waals surface area contributed by atoms with Crippen LogP contribution in [0.1, 0.15) is 66.5 Å². The van der Waals surface area contributed by atoms with Gasteiger partial charge in [0.15, 0.2) is 11.6 Å². The highest BCUT2D eigenvalue weighted by Gasteiger charge is 2.26. The fourth-order valence-corrected chi connectivity index (χ4v) is 3.63. The number of hydrogen-bond acceptors (Lipinski definition) is 5. The summed E-state index contributed by atoms with van der Waals surface area (Å²) < 4.78 is 60.7. The van der Waals surface area contributed by atoms with Crippen LogP contribution in [0, 0.1) is 5.82 Å². The van der Waals surface area contributed by atoms with Crippen molar-refractivity contribution in [3.8, 4) is 5.75 Å². The highest BCUT2D eigenvalue weighted by Crippen LogP contribution is 2.32. The molecule has 0 aromatic heterocycles. The number of nitrogens with two attached hydrogens (primary N) is 1. The topological polar surface area (TPSA) is 98.5 Å². The van der Waals surface area contributed by atoms with E-state index in [0.717, 1.165) is 6.07 Å². The Morgan fingerprint density at radius 1 is 1.39 bits per heavy atom. The zero-order valence-electron chi connectivity index (χ0n) is 21.6. The van der Waals surface area contributed by atoms with Crippen LogP contribution in [0.2, 0.25) is 5.02 Å². The molecule has 2 aromatic rings. The van der Waals surface area contributed by atoms with Gasteiger partial charge in [-0.05, 0) is 25.4 Å². The predicted molar refractivity (Wildman–Crippen MR) is 115 cm³/mol. The minimum Gasteiger partial charge on any atom is -0.486 e. The molecule has 164 valence electrons. The Morgan fingerprint density at radius 3 is 2.87 bits per heavy atom. The standard InChI is InChI=1S/C23H24ClFN2O4/c1-3-18(27-12(2)8-20(26)29)16-6-7-17(24)21(22(16)25)23(30)14-5-4-13-9-15(28)11-31-19(13)10-14/h4-7,10,12,18,27H,3,8-9,11H2,1-2H3,(H2,26,29)/t12-,18-/m1/s1/i1D3,3D2. The molecular formula is C23H24ClFN2O4. The molecular weight excluding hydrogens is 423 g/mol. The maximum atomic E-state index is 15.9. The molecule has 0 fully saturated rings. The van der Waals surface area contributed by atoms with Crippen LogP contribution < -0.4 is 15.8 Å². The number of primary amides is 1. The van der Waals surface area contributed by atoms with Crippen molar-refractivity contribution >= 4 is 29.1 Å². The highest BCUT2D eigenvalue weighted by atomic mass is 35.5. The van der Waals surface area contributed by atoms with Gasteiger partial charge in [-0.15, -0.1) is 0 Å². The van der Waals surface area contributed by atoms with E-state index in [-0.39, 0.29) is 35.8 Å². The first kappa shape index (κ1) is 16.9. The lowest BCUT2D eigenvalue weighted by Gasteiger charge is -2.23. The smallest absolute Gasteiger partial charge is 0.218 e. The van der Waals surface area contributed by atoms with Crippen molar-refractivity contribution in [2.75, 3.05) is 6.61 Å². The fourth-order valence-electron chi connectivity index (χ4n) is 3.40. The second-order valence-electron chi connectivity index (χ2n) is 7.30. The van der Waals surface area contributed by atoms with E-state index < -0.39 is 53.9 Å². The number of ether oxygens (including phenoxy) is 1. The lowest BCUT2D eigenvalue weighted by molar-refractivity contribution is -0.121. The number of amides is 1. The first-order valence-corrected chi connectivity index (χ1v) is 9.85. The van der Waals surface area contributed by atoms with Crippen LogP contribution in [0.4, 0.5) is 4.39 Å². The summed E-state index contributed by atoms with van der Waals surface area (Å²) >= 11 is 6.17. The Kier molecular flexibility index (Phi) is 5.21. The third-order valence-electron chi connectivity index (χ3n) is 4.87. The first-order chi connectivity index (χ1) is 16.6. The van der Waals surface area contributed by atoms with Gasteiger partial charge in [0.1, 0.15) is 18.2 Å². The Hall–Kier alpha value is -2.77. The van der Waals surface area contributed by atoms with E-state index in [2.05, 4.69) is 5.32 Å². The van der Waals surface area contributed by atoms with Gasteiger partial charge in [-0.1, -0.05) is 36.7 Å². The average Bonchev–Trinajstić information content (AvgIpc) is 2.76. The predicted octanol–water partition coefficient (Wildman–Crippen LogP) is 3.52. The summed E-state index contributed by atoms with van der Waals surface area (Å²) in [6, 6.07) is 3.91. The first-order valence-electron chi connectivity index (χ1n) is 12.0. The van der Waals surface area contributed by atoms with Crippen LogP contribution in [0.15, 0.2) is 30.3 Å². The molecule has 1 heterocycles. The summed E-state index contributed by atoms with van der Waals surface area (Å²) in [7, 11) is 0. The van der Waals surface area contributed by atoms with Crippen molar-refractivity contribution in [1.82, 2.24) is 5.32 Å². The molecule has 2 aromatic carbocycles. The summed E-state index contributed by atoms with van der Waals surface area (Å²) in [4.78, 5) is 36.2. The van der Waals surface area contributed by atoms with Crippen LogP contribution in [0.25, 0.3) is 0 Å². The van der Waals surface area contributed by atoms with E-state index in [1.54, 1.807) is 0 Å².